The minimum absolute atomic E-state index is 0.317. The minimum atomic E-state index is -0.384. The number of aromatic nitrogens is 1. The maximum atomic E-state index is 11.4. The molecule has 1 aromatic rings. The zero-order chi connectivity index (χ0) is 13.4. The van der Waals surface area contributed by atoms with Crippen LogP contribution in [0.15, 0.2) is 18.3 Å². The number of nitrogens with two attached hydrogens (primary N) is 1. The predicted octanol–water partition coefficient (Wildman–Crippen LogP) is 0.936. The van der Waals surface area contributed by atoms with Crippen molar-refractivity contribution < 1.29 is 14.3 Å². The molecule has 6 nitrogen and oxygen atoms in total. The van der Waals surface area contributed by atoms with Crippen LogP contribution in [0, 0.1) is 0 Å². The summed E-state index contributed by atoms with van der Waals surface area (Å²) in [5, 5.41) is 3.03. The third-order valence-corrected chi connectivity index (χ3v) is 2.18. The number of amides is 1. The topological polar surface area (TPSA) is 94.3 Å². The molecule has 0 aliphatic heterocycles. The molecule has 3 N–H and O–H groups in total. The number of pyridine rings is 1. The first kappa shape index (κ1) is 14.0. The molecule has 0 saturated carbocycles. The Bertz CT molecular complexity index is 404. The molecule has 1 aromatic heterocycles. The molecule has 1 rings (SSSR count). The van der Waals surface area contributed by atoms with E-state index in [0.29, 0.717) is 37.4 Å². The summed E-state index contributed by atoms with van der Waals surface area (Å²) < 4.78 is 4.84. The van der Waals surface area contributed by atoms with Gasteiger partial charge in [-0.15, -0.1) is 0 Å². The molecular weight excluding hydrogens is 234 g/mol. The molecule has 0 saturated heterocycles. The lowest BCUT2D eigenvalue weighted by Crippen LogP contribution is -2.13. The molecule has 0 aliphatic carbocycles. The Balaban J connectivity index is 2.40. The number of carbonyl (C=O) groups is 2. The van der Waals surface area contributed by atoms with Gasteiger partial charge in [0.15, 0.2) is 0 Å². The van der Waals surface area contributed by atoms with Gasteiger partial charge in [-0.25, -0.2) is 9.78 Å². The highest BCUT2D eigenvalue weighted by Gasteiger charge is 2.06. The number of rotatable bonds is 7. The van der Waals surface area contributed by atoms with Crippen molar-refractivity contribution in [3.05, 3.63) is 23.9 Å². The molecule has 0 radical (unpaired) electrons. The molecule has 0 bridgehead atoms. The van der Waals surface area contributed by atoms with Gasteiger partial charge in [0.1, 0.15) is 5.82 Å². The molecule has 98 valence electrons. The average Bonchev–Trinajstić information content (AvgIpc) is 2.35. The molecular formula is C12H17N3O3. The summed E-state index contributed by atoms with van der Waals surface area (Å²) in [6.07, 6.45) is 2.44. The van der Waals surface area contributed by atoms with Crippen molar-refractivity contribution in [1.82, 2.24) is 4.98 Å². The molecule has 18 heavy (non-hydrogen) atoms. The molecule has 0 spiro atoms. The molecule has 1 amide bonds. The molecule has 0 fully saturated rings. The maximum Gasteiger partial charge on any atom is 0.339 e. The number of ether oxygens (including phenoxy) is 1. The third-order valence-electron chi connectivity index (χ3n) is 2.18. The zero-order valence-corrected chi connectivity index (χ0v) is 10.3. The second kappa shape index (κ2) is 7.26. The van der Waals surface area contributed by atoms with E-state index in [0.717, 1.165) is 0 Å². The van der Waals surface area contributed by atoms with Gasteiger partial charge in [-0.2, -0.15) is 0 Å². The largest absolute Gasteiger partial charge is 0.462 e. The number of esters is 1. The molecule has 0 aromatic carbocycles. The zero-order valence-electron chi connectivity index (χ0n) is 10.3. The fourth-order valence-corrected chi connectivity index (χ4v) is 1.31. The smallest absolute Gasteiger partial charge is 0.339 e. The van der Waals surface area contributed by atoms with E-state index in [1.807, 2.05) is 0 Å². The highest BCUT2D eigenvalue weighted by Crippen LogP contribution is 2.06. The van der Waals surface area contributed by atoms with E-state index in [1.54, 1.807) is 19.1 Å². The third kappa shape index (κ3) is 4.82. The van der Waals surface area contributed by atoms with Gasteiger partial charge >= 0.3 is 5.97 Å². The highest BCUT2D eigenvalue weighted by atomic mass is 16.5. The van der Waals surface area contributed by atoms with Crippen LogP contribution in [0.1, 0.15) is 30.1 Å². The number of anilines is 1. The van der Waals surface area contributed by atoms with Crippen molar-refractivity contribution in [3.8, 4) is 0 Å². The summed E-state index contributed by atoms with van der Waals surface area (Å²) in [7, 11) is 0. The first-order chi connectivity index (χ1) is 8.63. The van der Waals surface area contributed by atoms with Gasteiger partial charge in [0.05, 0.1) is 12.2 Å². The van der Waals surface area contributed by atoms with E-state index in [4.69, 9.17) is 10.5 Å². The number of nitrogens with zero attached hydrogens (tertiary/aromatic N) is 1. The van der Waals surface area contributed by atoms with Crippen LogP contribution in [-0.4, -0.2) is 30.0 Å². The van der Waals surface area contributed by atoms with E-state index < -0.39 is 0 Å². The van der Waals surface area contributed by atoms with Gasteiger partial charge in [-0.3, -0.25) is 4.79 Å². The number of hydrogen-bond donors (Lipinski definition) is 2. The van der Waals surface area contributed by atoms with Crippen LogP contribution in [0.4, 0.5) is 5.82 Å². The summed E-state index contributed by atoms with van der Waals surface area (Å²) in [6.45, 7) is 2.70. The molecule has 6 heteroatoms. The Labute approximate surface area is 106 Å². The fraction of sp³-hybridized carbons (Fsp3) is 0.417. The van der Waals surface area contributed by atoms with E-state index in [9.17, 15) is 9.59 Å². The van der Waals surface area contributed by atoms with Gasteiger partial charge in [-0.05, 0) is 25.5 Å². The summed E-state index contributed by atoms with van der Waals surface area (Å²) in [6, 6.07) is 3.33. The van der Waals surface area contributed by atoms with Gasteiger partial charge in [-0.1, -0.05) is 0 Å². The Hall–Kier alpha value is -2.11. The SMILES string of the molecule is CCOC(=O)c1ccc(NCCCC(N)=O)nc1. The van der Waals surface area contributed by atoms with Crippen molar-refractivity contribution >= 4 is 17.7 Å². The number of primary amides is 1. The lowest BCUT2D eigenvalue weighted by atomic mass is 10.2. The normalized spacial score (nSPS) is 9.83. The Kier molecular flexibility index (Phi) is 5.63. The van der Waals surface area contributed by atoms with E-state index in [-0.39, 0.29) is 11.9 Å². The monoisotopic (exact) mass is 251 g/mol. The molecule has 1 heterocycles. The lowest BCUT2D eigenvalue weighted by Gasteiger charge is -2.05. The van der Waals surface area contributed by atoms with Crippen LogP contribution in [-0.2, 0) is 9.53 Å². The first-order valence-corrected chi connectivity index (χ1v) is 5.79. The fourth-order valence-electron chi connectivity index (χ4n) is 1.31. The standard InChI is InChI=1S/C12H17N3O3/c1-2-18-12(17)9-5-6-11(15-8-9)14-7-3-4-10(13)16/h5-6,8H,2-4,7H2,1H3,(H2,13,16)(H,14,15). The van der Waals surface area contributed by atoms with Crippen LogP contribution in [0.2, 0.25) is 0 Å². The Morgan fingerprint density at radius 3 is 2.78 bits per heavy atom. The van der Waals surface area contributed by atoms with E-state index in [1.165, 1.54) is 6.20 Å². The van der Waals surface area contributed by atoms with Gasteiger partial charge in [0.25, 0.3) is 0 Å². The summed E-state index contributed by atoms with van der Waals surface area (Å²) in [5.74, 6) is -0.0554. The summed E-state index contributed by atoms with van der Waals surface area (Å²) in [4.78, 5) is 25.9. The second-order valence-electron chi connectivity index (χ2n) is 3.65. The van der Waals surface area contributed by atoms with Gasteiger partial charge in [0.2, 0.25) is 5.91 Å². The van der Waals surface area contributed by atoms with Gasteiger partial charge in [0, 0.05) is 19.2 Å². The second-order valence-corrected chi connectivity index (χ2v) is 3.65. The van der Waals surface area contributed by atoms with Crippen molar-refractivity contribution in [3.63, 3.8) is 0 Å². The van der Waals surface area contributed by atoms with Crippen LogP contribution < -0.4 is 11.1 Å². The number of carbonyl (C=O) groups excluding carboxylic acids is 2. The van der Waals surface area contributed by atoms with Crippen molar-refractivity contribution in [2.75, 3.05) is 18.5 Å². The van der Waals surface area contributed by atoms with Gasteiger partial charge < -0.3 is 15.8 Å². The van der Waals surface area contributed by atoms with Crippen molar-refractivity contribution in [2.24, 2.45) is 5.73 Å². The highest BCUT2D eigenvalue weighted by molar-refractivity contribution is 5.89. The first-order valence-electron chi connectivity index (χ1n) is 5.79. The molecule has 0 unspecified atom stereocenters. The predicted molar refractivity (Wildman–Crippen MR) is 67.1 cm³/mol. The average molecular weight is 251 g/mol. The lowest BCUT2D eigenvalue weighted by molar-refractivity contribution is -0.118. The van der Waals surface area contributed by atoms with Crippen molar-refractivity contribution in [2.45, 2.75) is 19.8 Å². The van der Waals surface area contributed by atoms with Crippen LogP contribution >= 0.6 is 0 Å². The van der Waals surface area contributed by atoms with Crippen LogP contribution in [0.3, 0.4) is 0 Å². The molecule has 0 aliphatic rings. The van der Waals surface area contributed by atoms with E-state index in [2.05, 4.69) is 10.3 Å². The maximum absolute atomic E-state index is 11.4. The van der Waals surface area contributed by atoms with Crippen molar-refractivity contribution in [1.29, 1.82) is 0 Å². The quantitative estimate of drug-likeness (QED) is 0.555. The minimum Gasteiger partial charge on any atom is -0.462 e. The van der Waals surface area contributed by atoms with Crippen LogP contribution in [0.25, 0.3) is 0 Å². The number of hydrogen-bond acceptors (Lipinski definition) is 5. The van der Waals surface area contributed by atoms with Crippen LogP contribution in [0.5, 0.6) is 0 Å². The Morgan fingerprint density at radius 1 is 1.44 bits per heavy atom. The summed E-state index contributed by atoms with van der Waals surface area (Å²) >= 11 is 0. The number of nitrogens with one attached hydrogen (secondary N) is 1. The van der Waals surface area contributed by atoms with E-state index >= 15 is 0 Å². The summed E-state index contributed by atoms with van der Waals surface area (Å²) in [5.41, 5.74) is 5.44. The molecule has 0 atom stereocenters. The Morgan fingerprint density at radius 2 is 2.22 bits per heavy atom.